The molecular formula is C22H20N4O3S. The fourth-order valence-electron chi connectivity index (χ4n) is 3.30. The highest BCUT2D eigenvalue weighted by Crippen LogP contribution is 2.29. The Morgan fingerprint density at radius 3 is 2.53 bits per heavy atom. The Morgan fingerprint density at radius 2 is 1.83 bits per heavy atom. The Morgan fingerprint density at radius 1 is 1.13 bits per heavy atom. The fourth-order valence-corrected chi connectivity index (χ4v) is 4.03. The van der Waals surface area contributed by atoms with E-state index in [1.165, 1.54) is 11.3 Å². The number of nitrogens with zero attached hydrogens (tertiary/aromatic N) is 2. The Labute approximate surface area is 177 Å². The Balaban J connectivity index is 1.44. The predicted molar refractivity (Wildman–Crippen MR) is 115 cm³/mol. The molecule has 0 spiro atoms. The van der Waals surface area contributed by atoms with Gasteiger partial charge in [-0.25, -0.2) is 9.78 Å². The number of benzene rings is 2. The van der Waals surface area contributed by atoms with Crippen LogP contribution in [0.15, 0.2) is 60.0 Å². The second kappa shape index (κ2) is 7.72. The molecule has 152 valence electrons. The number of urea groups is 1. The van der Waals surface area contributed by atoms with Crippen molar-refractivity contribution in [2.75, 3.05) is 11.9 Å². The maximum atomic E-state index is 12.9. The number of hydrogen-bond acceptors (Lipinski definition) is 5. The topological polar surface area (TPSA) is 91.4 Å². The van der Waals surface area contributed by atoms with Crippen LogP contribution in [0.3, 0.4) is 0 Å². The van der Waals surface area contributed by atoms with E-state index in [1.807, 2.05) is 42.6 Å². The summed E-state index contributed by atoms with van der Waals surface area (Å²) in [5, 5.41) is 7.62. The Kier molecular flexibility index (Phi) is 5.09. The van der Waals surface area contributed by atoms with Crippen LogP contribution < -0.4 is 10.6 Å². The molecule has 1 saturated heterocycles. The molecular weight excluding hydrogens is 400 g/mol. The number of aromatic nitrogens is 1. The van der Waals surface area contributed by atoms with E-state index in [-0.39, 0.29) is 6.54 Å². The van der Waals surface area contributed by atoms with Crippen molar-refractivity contribution in [2.24, 2.45) is 0 Å². The van der Waals surface area contributed by atoms with E-state index >= 15 is 0 Å². The first kappa shape index (κ1) is 19.8. The average molecular weight is 420 g/mol. The molecule has 4 amide bonds. The van der Waals surface area contributed by atoms with Gasteiger partial charge in [0.25, 0.3) is 5.91 Å². The highest BCUT2D eigenvalue weighted by molar-refractivity contribution is 7.14. The van der Waals surface area contributed by atoms with Crippen molar-refractivity contribution >= 4 is 34.3 Å². The molecule has 2 aromatic carbocycles. The van der Waals surface area contributed by atoms with Gasteiger partial charge in [0.15, 0.2) is 5.13 Å². The number of carbonyl (C=O) groups excluding carboxylic acids is 3. The van der Waals surface area contributed by atoms with Crippen LogP contribution in [0.2, 0.25) is 0 Å². The number of nitrogens with one attached hydrogen (secondary N) is 2. The zero-order chi connectivity index (χ0) is 21.3. The van der Waals surface area contributed by atoms with Crippen molar-refractivity contribution in [3.63, 3.8) is 0 Å². The van der Waals surface area contributed by atoms with Crippen LogP contribution in [0, 0.1) is 6.92 Å². The van der Waals surface area contributed by atoms with E-state index in [1.54, 1.807) is 31.2 Å². The quantitative estimate of drug-likeness (QED) is 0.618. The van der Waals surface area contributed by atoms with Crippen LogP contribution in [0.4, 0.5) is 9.93 Å². The number of carbonyl (C=O) groups is 3. The Bertz CT molecular complexity index is 1110. The molecule has 0 bridgehead atoms. The monoisotopic (exact) mass is 420 g/mol. The van der Waals surface area contributed by atoms with Gasteiger partial charge in [0, 0.05) is 10.9 Å². The van der Waals surface area contributed by atoms with Crippen molar-refractivity contribution in [3.8, 4) is 11.3 Å². The molecule has 8 heteroatoms. The summed E-state index contributed by atoms with van der Waals surface area (Å²) in [6.07, 6.45) is 0. The second-order valence-electron chi connectivity index (χ2n) is 7.26. The second-order valence-corrected chi connectivity index (χ2v) is 8.12. The molecule has 1 aromatic heterocycles. The number of rotatable bonds is 5. The minimum atomic E-state index is -1.20. The van der Waals surface area contributed by atoms with E-state index in [4.69, 9.17) is 0 Å². The molecule has 1 atom stereocenters. The van der Waals surface area contributed by atoms with Crippen molar-refractivity contribution in [1.29, 1.82) is 0 Å². The highest BCUT2D eigenvalue weighted by Gasteiger charge is 2.49. The maximum Gasteiger partial charge on any atom is 0.325 e. The molecule has 1 aliphatic rings. The van der Waals surface area contributed by atoms with E-state index < -0.39 is 23.4 Å². The van der Waals surface area contributed by atoms with Crippen LogP contribution in [0.5, 0.6) is 0 Å². The summed E-state index contributed by atoms with van der Waals surface area (Å²) in [6.45, 7) is 3.26. The zero-order valence-electron chi connectivity index (χ0n) is 16.5. The SMILES string of the molecule is Cc1ccc(-c2csc(NC(=O)CN3C(=O)NC(C)(c4ccccc4)C3=O)n2)cc1. The zero-order valence-corrected chi connectivity index (χ0v) is 17.3. The van der Waals surface area contributed by atoms with Gasteiger partial charge in [-0.05, 0) is 19.4 Å². The van der Waals surface area contributed by atoms with Gasteiger partial charge in [0.1, 0.15) is 12.1 Å². The molecule has 1 fully saturated rings. The lowest BCUT2D eigenvalue weighted by molar-refractivity contribution is -0.133. The summed E-state index contributed by atoms with van der Waals surface area (Å²) in [4.78, 5) is 43.1. The molecule has 3 aromatic rings. The van der Waals surface area contributed by atoms with Gasteiger partial charge in [-0.15, -0.1) is 11.3 Å². The number of aryl methyl sites for hydroxylation is 1. The van der Waals surface area contributed by atoms with E-state index in [9.17, 15) is 14.4 Å². The molecule has 1 unspecified atom stereocenters. The number of imide groups is 1. The van der Waals surface area contributed by atoms with Gasteiger partial charge in [-0.3, -0.25) is 14.5 Å². The third-order valence-electron chi connectivity index (χ3n) is 5.03. The summed E-state index contributed by atoms with van der Waals surface area (Å²) in [6, 6.07) is 16.3. The summed E-state index contributed by atoms with van der Waals surface area (Å²) < 4.78 is 0. The van der Waals surface area contributed by atoms with Crippen molar-refractivity contribution in [2.45, 2.75) is 19.4 Å². The van der Waals surface area contributed by atoms with Crippen LogP contribution in [0.1, 0.15) is 18.1 Å². The lowest BCUT2D eigenvalue weighted by Crippen LogP contribution is -2.42. The minimum absolute atomic E-state index is 0.382. The first-order chi connectivity index (χ1) is 14.4. The van der Waals surface area contributed by atoms with Gasteiger partial charge in [-0.2, -0.15) is 0 Å². The third-order valence-corrected chi connectivity index (χ3v) is 5.78. The van der Waals surface area contributed by atoms with E-state index in [0.29, 0.717) is 10.7 Å². The van der Waals surface area contributed by atoms with Crippen LogP contribution in [-0.2, 0) is 15.1 Å². The maximum absolute atomic E-state index is 12.9. The first-order valence-corrected chi connectivity index (χ1v) is 10.3. The van der Waals surface area contributed by atoms with Crippen molar-refractivity contribution in [1.82, 2.24) is 15.2 Å². The van der Waals surface area contributed by atoms with Gasteiger partial charge in [-0.1, -0.05) is 60.2 Å². The summed E-state index contributed by atoms with van der Waals surface area (Å²) in [5.74, 6) is -0.950. The standard InChI is InChI=1S/C22H20N4O3S/c1-14-8-10-15(11-9-14)17-13-30-20(23-17)24-18(27)12-26-19(28)22(2,25-21(26)29)16-6-4-3-5-7-16/h3-11,13H,12H2,1-2H3,(H,25,29)(H,23,24,27). The van der Waals surface area contributed by atoms with Gasteiger partial charge < -0.3 is 10.6 Å². The number of anilines is 1. The molecule has 30 heavy (non-hydrogen) atoms. The molecule has 1 aliphatic heterocycles. The fraction of sp³-hybridized carbons (Fsp3) is 0.182. The molecule has 7 nitrogen and oxygen atoms in total. The molecule has 0 aliphatic carbocycles. The molecule has 2 N–H and O–H groups in total. The number of thiazole rings is 1. The van der Waals surface area contributed by atoms with Crippen molar-refractivity contribution in [3.05, 3.63) is 71.1 Å². The predicted octanol–water partition coefficient (Wildman–Crippen LogP) is 3.52. The van der Waals surface area contributed by atoms with Gasteiger partial charge >= 0.3 is 6.03 Å². The molecule has 0 radical (unpaired) electrons. The first-order valence-electron chi connectivity index (χ1n) is 9.39. The lowest BCUT2D eigenvalue weighted by Gasteiger charge is -2.21. The van der Waals surface area contributed by atoms with E-state index in [0.717, 1.165) is 21.7 Å². The number of hydrogen-bond donors (Lipinski definition) is 2. The Hall–Kier alpha value is -3.52. The van der Waals surface area contributed by atoms with Crippen LogP contribution >= 0.6 is 11.3 Å². The molecule has 4 rings (SSSR count). The van der Waals surface area contributed by atoms with Gasteiger partial charge in [0.05, 0.1) is 5.69 Å². The van der Waals surface area contributed by atoms with Crippen molar-refractivity contribution < 1.29 is 14.4 Å². The summed E-state index contributed by atoms with van der Waals surface area (Å²) in [7, 11) is 0. The summed E-state index contributed by atoms with van der Waals surface area (Å²) >= 11 is 1.29. The normalized spacial score (nSPS) is 18.4. The smallest absolute Gasteiger partial charge is 0.319 e. The third kappa shape index (κ3) is 3.69. The molecule has 2 heterocycles. The lowest BCUT2D eigenvalue weighted by atomic mass is 9.92. The summed E-state index contributed by atoms with van der Waals surface area (Å²) in [5.41, 5.74) is 2.32. The van der Waals surface area contributed by atoms with E-state index in [2.05, 4.69) is 15.6 Å². The minimum Gasteiger partial charge on any atom is -0.319 e. The molecule has 0 saturated carbocycles. The highest BCUT2D eigenvalue weighted by atomic mass is 32.1. The van der Waals surface area contributed by atoms with Crippen LogP contribution in [0.25, 0.3) is 11.3 Å². The van der Waals surface area contributed by atoms with Gasteiger partial charge in [0.2, 0.25) is 5.91 Å². The number of amides is 4. The largest absolute Gasteiger partial charge is 0.325 e. The average Bonchev–Trinajstić information content (AvgIpc) is 3.28. The van der Waals surface area contributed by atoms with Crippen LogP contribution in [-0.4, -0.2) is 34.3 Å².